The SMILES string of the molecule is CCCC/C=C\CCCCCCCC(=O)OCCCCCCCCCCC/C=C\C/C=C\CCCCCCCCCCCCCCCC(=O)NC(CO)C(O)/C=C/CCCCCCCCCCCCCCCCCCCCCCCC. The number of aliphatic hydroxyl groups excluding tert-OH is 2. The molecule has 2 atom stereocenters. The van der Waals surface area contributed by atoms with Crippen LogP contribution in [0, 0.1) is 0 Å². The molecule has 81 heavy (non-hydrogen) atoms. The molecule has 0 aromatic carbocycles. The molecule has 0 aliphatic carbocycles. The molecule has 476 valence electrons. The fourth-order valence-corrected chi connectivity index (χ4v) is 11.2. The average molecular weight is 1140 g/mol. The molecule has 6 nitrogen and oxygen atoms in total. The van der Waals surface area contributed by atoms with Crippen LogP contribution in [0.4, 0.5) is 0 Å². The zero-order valence-electron chi connectivity index (χ0n) is 54.5. The van der Waals surface area contributed by atoms with Gasteiger partial charge in [0.05, 0.1) is 25.4 Å². The van der Waals surface area contributed by atoms with Gasteiger partial charge in [-0.15, -0.1) is 0 Å². The molecule has 0 aromatic rings. The van der Waals surface area contributed by atoms with Crippen molar-refractivity contribution >= 4 is 11.9 Å². The fourth-order valence-electron chi connectivity index (χ4n) is 11.2. The topological polar surface area (TPSA) is 95.9 Å². The van der Waals surface area contributed by atoms with Crippen molar-refractivity contribution in [2.24, 2.45) is 0 Å². The standard InChI is InChI=1S/C75H141NO5/c1-3-5-7-9-11-13-15-16-17-18-19-20-21-29-32-35-38-41-44-48-51-55-59-63-67-73(78)72(71-77)76-74(79)68-64-60-56-52-49-45-42-39-36-33-30-27-25-23-22-24-26-28-31-34-37-40-43-46-50-54-58-62-66-70-81-75(80)69-65-61-57-53-47-14-12-10-8-6-4-2/h10,12,22,24,28,31,63,67,72-73,77-78H,3-9,11,13-21,23,25-27,29-30,32-62,64-66,68-71H2,1-2H3,(H,76,79)/b12-10-,24-22-,31-28-,67-63+. The number of unbranched alkanes of at least 4 members (excludes halogenated alkanes) is 51. The minimum Gasteiger partial charge on any atom is -0.466 e. The smallest absolute Gasteiger partial charge is 0.305 e. The number of allylic oxidation sites excluding steroid dienone is 7. The van der Waals surface area contributed by atoms with E-state index in [0.717, 1.165) is 51.4 Å². The predicted molar refractivity (Wildman–Crippen MR) is 356 cm³/mol. The Hall–Kier alpha value is -2.18. The van der Waals surface area contributed by atoms with E-state index in [9.17, 15) is 19.8 Å². The Bertz CT molecular complexity index is 1360. The van der Waals surface area contributed by atoms with Crippen molar-refractivity contribution in [2.45, 2.75) is 405 Å². The van der Waals surface area contributed by atoms with E-state index in [-0.39, 0.29) is 18.5 Å². The van der Waals surface area contributed by atoms with Crippen molar-refractivity contribution in [3.63, 3.8) is 0 Å². The highest BCUT2D eigenvalue weighted by molar-refractivity contribution is 5.76. The number of aliphatic hydroxyl groups is 2. The average Bonchev–Trinajstić information content (AvgIpc) is 3.47. The first kappa shape index (κ1) is 78.8. The van der Waals surface area contributed by atoms with Crippen LogP contribution in [-0.2, 0) is 14.3 Å². The first-order valence-electron chi connectivity index (χ1n) is 36.4. The normalized spacial score (nSPS) is 12.8. The molecule has 0 aliphatic rings. The van der Waals surface area contributed by atoms with Gasteiger partial charge in [-0.2, -0.15) is 0 Å². The molecule has 0 aromatic heterocycles. The lowest BCUT2D eigenvalue weighted by Crippen LogP contribution is -2.45. The molecule has 0 heterocycles. The number of rotatable bonds is 68. The highest BCUT2D eigenvalue weighted by Gasteiger charge is 2.18. The van der Waals surface area contributed by atoms with Gasteiger partial charge in [0.2, 0.25) is 5.91 Å². The van der Waals surface area contributed by atoms with Crippen molar-refractivity contribution in [1.29, 1.82) is 0 Å². The van der Waals surface area contributed by atoms with E-state index in [1.165, 1.54) is 315 Å². The molecule has 0 spiro atoms. The largest absolute Gasteiger partial charge is 0.466 e. The minimum atomic E-state index is -0.847. The number of ether oxygens (including phenoxy) is 1. The molecular weight excluding hydrogens is 995 g/mol. The Labute approximate surface area is 506 Å². The number of hydrogen-bond acceptors (Lipinski definition) is 5. The Balaban J connectivity index is 3.44. The van der Waals surface area contributed by atoms with E-state index < -0.39 is 12.1 Å². The summed E-state index contributed by atoms with van der Waals surface area (Å²) in [5.74, 6) is -0.0645. The van der Waals surface area contributed by atoms with Crippen LogP contribution in [0.3, 0.4) is 0 Å². The maximum absolute atomic E-state index is 12.5. The molecule has 0 bridgehead atoms. The summed E-state index contributed by atoms with van der Waals surface area (Å²) in [4.78, 5) is 24.5. The lowest BCUT2D eigenvalue weighted by atomic mass is 10.0. The second kappa shape index (κ2) is 70.3. The van der Waals surface area contributed by atoms with Crippen LogP contribution in [0.5, 0.6) is 0 Å². The molecule has 0 fully saturated rings. The summed E-state index contributed by atoms with van der Waals surface area (Å²) >= 11 is 0. The van der Waals surface area contributed by atoms with Gasteiger partial charge in [0.15, 0.2) is 0 Å². The highest BCUT2D eigenvalue weighted by atomic mass is 16.5. The second-order valence-electron chi connectivity index (χ2n) is 24.9. The van der Waals surface area contributed by atoms with Gasteiger partial charge in [0.1, 0.15) is 0 Å². The van der Waals surface area contributed by atoms with Crippen LogP contribution in [0.25, 0.3) is 0 Å². The van der Waals surface area contributed by atoms with Crippen molar-refractivity contribution in [3.05, 3.63) is 48.6 Å². The van der Waals surface area contributed by atoms with Crippen LogP contribution in [-0.4, -0.2) is 47.4 Å². The Kier molecular flexibility index (Phi) is 68.4. The molecule has 2 unspecified atom stereocenters. The predicted octanol–water partition coefficient (Wildman–Crippen LogP) is 23.6. The summed E-state index contributed by atoms with van der Waals surface area (Å²) in [5, 5.41) is 23.3. The van der Waals surface area contributed by atoms with E-state index in [0.29, 0.717) is 19.4 Å². The molecule has 0 radical (unpaired) electrons. The summed E-state index contributed by atoms with van der Waals surface area (Å²) < 4.78 is 5.46. The number of nitrogens with one attached hydrogen (secondary N) is 1. The second-order valence-corrected chi connectivity index (χ2v) is 24.9. The van der Waals surface area contributed by atoms with Crippen LogP contribution in [0.2, 0.25) is 0 Å². The molecule has 0 saturated heterocycles. The minimum absolute atomic E-state index is 0.000682. The molecular formula is C75H141NO5. The van der Waals surface area contributed by atoms with Crippen molar-refractivity contribution in [1.82, 2.24) is 5.32 Å². The van der Waals surface area contributed by atoms with Crippen molar-refractivity contribution < 1.29 is 24.5 Å². The maximum Gasteiger partial charge on any atom is 0.305 e. The monoisotopic (exact) mass is 1140 g/mol. The summed E-state index contributed by atoms with van der Waals surface area (Å²) in [6, 6.07) is -0.631. The zero-order valence-corrected chi connectivity index (χ0v) is 54.5. The van der Waals surface area contributed by atoms with E-state index in [1.807, 2.05) is 6.08 Å². The van der Waals surface area contributed by atoms with Crippen LogP contribution in [0.15, 0.2) is 48.6 Å². The molecule has 0 rings (SSSR count). The molecule has 0 saturated carbocycles. The number of hydrogen-bond donors (Lipinski definition) is 3. The van der Waals surface area contributed by atoms with Crippen LogP contribution >= 0.6 is 0 Å². The maximum atomic E-state index is 12.5. The summed E-state index contributed by atoms with van der Waals surface area (Å²) in [5.41, 5.74) is 0. The lowest BCUT2D eigenvalue weighted by molar-refractivity contribution is -0.143. The van der Waals surface area contributed by atoms with Gasteiger partial charge < -0.3 is 20.3 Å². The first-order chi connectivity index (χ1) is 40.0. The zero-order chi connectivity index (χ0) is 58.5. The molecule has 3 N–H and O–H groups in total. The fraction of sp³-hybridized carbons (Fsp3) is 0.867. The Morgan fingerprint density at radius 3 is 0.988 bits per heavy atom. The van der Waals surface area contributed by atoms with Gasteiger partial charge in [-0.3, -0.25) is 9.59 Å². The van der Waals surface area contributed by atoms with Crippen LogP contribution < -0.4 is 5.32 Å². The highest BCUT2D eigenvalue weighted by Crippen LogP contribution is 2.18. The van der Waals surface area contributed by atoms with Gasteiger partial charge in [-0.25, -0.2) is 0 Å². The van der Waals surface area contributed by atoms with Gasteiger partial charge >= 0.3 is 5.97 Å². The Morgan fingerprint density at radius 2 is 0.630 bits per heavy atom. The quantitative estimate of drug-likeness (QED) is 0.0320. The van der Waals surface area contributed by atoms with E-state index in [2.05, 4.69) is 55.6 Å². The van der Waals surface area contributed by atoms with Crippen LogP contribution in [0.1, 0.15) is 393 Å². The number of carbonyl (C=O) groups excluding carboxylic acids is 2. The van der Waals surface area contributed by atoms with Gasteiger partial charge in [-0.1, -0.05) is 345 Å². The third-order valence-electron chi connectivity index (χ3n) is 16.8. The van der Waals surface area contributed by atoms with Gasteiger partial charge in [0, 0.05) is 12.8 Å². The van der Waals surface area contributed by atoms with Crippen molar-refractivity contribution in [3.8, 4) is 0 Å². The van der Waals surface area contributed by atoms with Gasteiger partial charge in [-0.05, 0) is 83.5 Å². The Morgan fingerprint density at radius 1 is 0.346 bits per heavy atom. The number of amides is 1. The van der Waals surface area contributed by atoms with Crippen molar-refractivity contribution in [2.75, 3.05) is 13.2 Å². The van der Waals surface area contributed by atoms with Gasteiger partial charge in [0.25, 0.3) is 0 Å². The molecule has 1 amide bonds. The number of esters is 1. The molecule has 6 heteroatoms. The third kappa shape index (κ3) is 66.8. The first-order valence-corrected chi connectivity index (χ1v) is 36.4. The summed E-state index contributed by atoms with van der Waals surface area (Å²) in [7, 11) is 0. The lowest BCUT2D eigenvalue weighted by Gasteiger charge is -2.20. The summed E-state index contributed by atoms with van der Waals surface area (Å²) in [6.07, 6.45) is 92.0. The summed E-state index contributed by atoms with van der Waals surface area (Å²) in [6.45, 7) is 4.89. The number of carbonyl (C=O) groups is 2. The van der Waals surface area contributed by atoms with E-state index in [4.69, 9.17) is 4.74 Å². The third-order valence-corrected chi connectivity index (χ3v) is 16.8. The van der Waals surface area contributed by atoms with E-state index >= 15 is 0 Å². The van der Waals surface area contributed by atoms with E-state index in [1.54, 1.807) is 6.08 Å². The molecule has 0 aliphatic heterocycles.